The molecule has 0 fully saturated rings. The average molecular weight is 276 g/mol. The third-order valence-electron chi connectivity index (χ3n) is 4.09. The first-order valence-electron chi connectivity index (χ1n) is 7.51. The highest BCUT2D eigenvalue weighted by molar-refractivity contribution is 5.83. The van der Waals surface area contributed by atoms with E-state index in [2.05, 4.69) is 31.2 Å². The number of benzene rings is 3. The number of fused-ring (bicyclic) bond motifs is 1. The fourth-order valence-electron chi connectivity index (χ4n) is 2.98. The molecule has 0 aliphatic heterocycles. The highest BCUT2D eigenvalue weighted by Gasteiger charge is 2.30. The lowest BCUT2D eigenvalue weighted by atomic mass is 9.82. The molecular formula is C20H20O. The third kappa shape index (κ3) is 2.57. The van der Waals surface area contributed by atoms with Crippen molar-refractivity contribution in [2.45, 2.75) is 25.4 Å². The van der Waals surface area contributed by atoms with Crippen LogP contribution < -0.4 is 0 Å². The van der Waals surface area contributed by atoms with Gasteiger partial charge in [-0.15, -0.1) is 0 Å². The van der Waals surface area contributed by atoms with Gasteiger partial charge in [-0.1, -0.05) is 80.1 Å². The van der Waals surface area contributed by atoms with Crippen molar-refractivity contribution >= 4 is 10.8 Å². The van der Waals surface area contributed by atoms with Crippen LogP contribution in [0.2, 0.25) is 0 Å². The zero-order chi connectivity index (χ0) is 14.7. The second-order valence-corrected chi connectivity index (χ2v) is 5.54. The van der Waals surface area contributed by atoms with E-state index in [4.69, 9.17) is 0 Å². The minimum Gasteiger partial charge on any atom is -0.380 e. The van der Waals surface area contributed by atoms with Gasteiger partial charge in [-0.3, -0.25) is 0 Å². The SMILES string of the molecule is CCCC(O)(c1ccccc1)c1ccc2ccccc2c1. The maximum Gasteiger partial charge on any atom is 0.115 e. The van der Waals surface area contributed by atoms with Gasteiger partial charge in [-0.2, -0.15) is 0 Å². The van der Waals surface area contributed by atoms with Crippen LogP contribution in [0.15, 0.2) is 72.8 Å². The van der Waals surface area contributed by atoms with Crippen LogP contribution in [0.5, 0.6) is 0 Å². The minimum absolute atomic E-state index is 0.718. The smallest absolute Gasteiger partial charge is 0.115 e. The molecule has 1 atom stereocenters. The Hall–Kier alpha value is -2.12. The van der Waals surface area contributed by atoms with Crippen LogP contribution in [0.4, 0.5) is 0 Å². The molecule has 1 unspecified atom stereocenters. The Balaban J connectivity index is 2.15. The summed E-state index contributed by atoms with van der Waals surface area (Å²) < 4.78 is 0. The van der Waals surface area contributed by atoms with Crippen molar-refractivity contribution in [3.05, 3.63) is 83.9 Å². The largest absolute Gasteiger partial charge is 0.380 e. The van der Waals surface area contributed by atoms with Gasteiger partial charge in [-0.25, -0.2) is 0 Å². The summed E-state index contributed by atoms with van der Waals surface area (Å²) in [5.41, 5.74) is 1.01. The first kappa shape index (κ1) is 13.8. The van der Waals surface area contributed by atoms with Gasteiger partial charge < -0.3 is 5.11 Å². The van der Waals surface area contributed by atoms with Crippen molar-refractivity contribution in [1.82, 2.24) is 0 Å². The molecule has 0 aliphatic carbocycles. The molecule has 3 aromatic rings. The van der Waals surface area contributed by atoms with E-state index in [1.54, 1.807) is 0 Å². The Morgan fingerprint density at radius 2 is 1.43 bits per heavy atom. The second kappa shape index (κ2) is 5.71. The molecule has 0 radical (unpaired) electrons. The van der Waals surface area contributed by atoms with Crippen LogP contribution in [-0.4, -0.2) is 5.11 Å². The van der Waals surface area contributed by atoms with Gasteiger partial charge in [-0.05, 0) is 34.4 Å². The van der Waals surface area contributed by atoms with Crippen LogP contribution >= 0.6 is 0 Å². The molecule has 0 aromatic heterocycles. The topological polar surface area (TPSA) is 20.2 Å². The number of hydrogen-bond acceptors (Lipinski definition) is 1. The highest BCUT2D eigenvalue weighted by atomic mass is 16.3. The Bertz CT molecular complexity index is 733. The number of hydrogen-bond donors (Lipinski definition) is 1. The van der Waals surface area contributed by atoms with Crippen molar-refractivity contribution < 1.29 is 5.11 Å². The maximum absolute atomic E-state index is 11.3. The Labute approximate surface area is 125 Å². The van der Waals surface area contributed by atoms with E-state index in [1.165, 1.54) is 10.8 Å². The van der Waals surface area contributed by atoms with Crippen LogP contribution in [0.1, 0.15) is 30.9 Å². The molecule has 0 heterocycles. The van der Waals surface area contributed by atoms with Crippen LogP contribution in [0.25, 0.3) is 10.8 Å². The van der Waals surface area contributed by atoms with Crippen molar-refractivity contribution in [2.75, 3.05) is 0 Å². The maximum atomic E-state index is 11.3. The van der Waals surface area contributed by atoms with Gasteiger partial charge in [0, 0.05) is 0 Å². The number of aliphatic hydroxyl groups is 1. The first-order valence-corrected chi connectivity index (χ1v) is 7.51. The molecule has 106 valence electrons. The van der Waals surface area contributed by atoms with E-state index in [0.717, 1.165) is 24.0 Å². The quantitative estimate of drug-likeness (QED) is 0.720. The predicted molar refractivity (Wildman–Crippen MR) is 88.3 cm³/mol. The fourth-order valence-corrected chi connectivity index (χ4v) is 2.98. The Kier molecular flexibility index (Phi) is 3.76. The zero-order valence-electron chi connectivity index (χ0n) is 12.3. The molecule has 3 rings (SSSR count). The summed E-state index contributed by atoms with van der Waals surface area (Å²) in [6, 6.07) is 24.5. The zero-order valence-corrected chi connectivity index (χ0v) is 12.3. The summed E-state index contributed by atoms with van der Waals surface area (Å²) in [5.74, 6) is 0. The van der Waals surface area contributed by atoms with E-state index in [-0.39, 0.29) is 0 Å². The summed E-state index contributed by atoms with van der Waals surface area (Å²) in [6.45, 7) is 2.11. The van der Waals surface area contributed by atoms with Crippen molar-refractivity contribution in [2.24, 2.45) is 0 Å². The summed E-state index contributed by atoms with van der Waals surface area (Å²) in [5, 5.41) is 13.7. The molecule has 21 heavy (non-hydrogen) atoms. The van der Waals surface area contributed by atoms with E-state index in [0.29, 0.717) is 0 Å². The van der Waals surface area contributed by atoms with Crippen LogP contribution in [0.3, 0.4) is 0 Å². The molecule has 3 aromatic carbocycles. The molecule has 1 N–H and O–H groups in total. The normalized spacial score (nSPS) is 14.0. The van der Waals surface area contributed by atoms with Gasteiger partial charge in [0.1, 0.15) is 5.60 Å². The van der Waals surface area contributed by atoms with Crippen LogP contribution in [-0.2, 0) is 5.60 Å². The lowest BCUT2D eigenvalue weighted by Crippen LogP contribution is -2.27. The summed E-state index contributed by atoms with van der Waals surface area (Å²) in [4.78, 5) is 0. The van der Waals surface area contributed by atoms with Gasteiger partial charge >= 0.3 is 0 Å². The molecular weight excluding hydrogens is 256 g/mol. The lowest BCUT2D eigenvalue weighted by Gasteiger charge is -2.29. The van der Waals surface area contributed by atoms with E-state index >= 15 is 0 Å². The summed E-state index contributed by atoms with van der Waals surface area (Å²) >= 11 is 0. The molecule has 0 spiro atoms. The van der Waals surface area contributed by atoms with Gasteiger partial charge in [0.05, 0.1) is 0 Å². The molecule has 0 amide bonds. The molecule has 0 saturated carbocycles. The van der Waals surface area contributed by atoms with Gasteiger partial charge in [0.2, 0.25) is 0 Å². The van der Waals surface area contributed by atoms with E-state index in [1.807, 2.05) is 48.5 Å². The lowest BCUT2D eigenvalue weighted by molar-refractivity contribution is 0.0703. The second-order valence-electron chi connectivity index (χ2n) is 5.54. The third-order valence-corrected chi connectivity index (χ3v) is 4.09. The van der Waals surface area contributed by atoms with Gasteiger partial charge in [0.15, 0.2) is 0 Å². The molecule has 0 aliphatic rings. The van der Waals surface area contributed by atoms with Crippen molar-refractivity contribution in [3.63, 3.8) is 0 Å². The highest BCUT2D eigenvalue weighted by Crippen LogP contribution is 2.35. The molecule has 1 nitrogen and oxygen atoms in total. The Morgan fingerprint density at radius 3 is 2.14 bits per heavy atom. The first-order chi connectivity index (χ1) is 10.2. The summed E-state index contributed by atoms with van der Waals surface area (Å²) in [6.07, 6.45) is 1.65. The monoisotopic (exact) mass is 276 g/mol. The van der Waals surface area contributed by atoms with Gasteiger partial charge in [0.25, 0.3) is 0 Å². The molecule has 0 bridgehead atoms. The minimum atomic E-state index is -0.917. The number of rotatable bonds is 4. The standard InChI is InChI=1S/C20H20O/c1-2-14-20(21,18-10-4-3-5-11-18)19-13-12-16-8-6-7-9-17(16)15-19/h3-13,15,21H,2,14H2,1H3. The van der Waals surface area contributed by atoms with E-state index < -0.39 is 5.60 Å². The fraction of sp³-hybridized carbons (Fsp3) is 0.200. The van der Waals surface area contributed by atoms with E-state index in [9.17, 15) is 5.11 Å². The summed E-state index contributed by atoms with van der Waals surface area (Å²) in [7, 11) is 0. The molecule has 1 heteroatoms. The Morgan fingerprint density at radius 1 is 0.762 bits per heavy atom. The van der Waals surface area contributed by atoms with Crippen molar-refractivity contribution in [1.29, 1.82) is 0 Å². The molecule has 0 saturated heterocycles. The van der Waals surface area contributed by atoms with Crippen LogP contribution in [0, 0.1) is 0 Å². The average Bonchev–Trinajstić information content (AvgIpc) is 2.55. The van der Waals surface area contributed by atoms with Crippen molar-refractivity contribution in [3.8, 4) is 0 Å². The predicted octanol–water partition coefficient (Wildman–Crippen LogP) is 4.88.